The molecule has 0 atom stereocenters. The summed E-state index contributed by atoms with van der Waals surface area (Å²) in [7, 11) is 0. The summed E-state index contributed by atoms with van der Waals surface area (Å²) in [5.41, 5.74) is 3.78. The van der Waals surface area contributed by atoms with Crippen molar-refractivity contribution in [3.63, 3.8) is 0 Å². The molecule has 0 aliphatic carbocycles. The first-order valence-electron chi connectivity index (χ1n) is 7.20. The molecule has 0 aromatic carbocycles. The molecule has 5 heteroatoms. The Morgan fingerprint density at radius 3 is 2.80 bits per heavy atom. The van der Waals surface area contributed by atoms with Crippen LogP contribution in [-0.4, -0.2) is 27.9 Å². The average Bonchev–Trinajstić information content (AvgIpc) is 2.97. The molecule has 0 aliphatic heterocycles. The van der Waals surface area contributed by atoms with Crippen molar-refractivity contribution in [3.05, 3.63) is 33.5 Å². The topological polar surface area (TPSA) is 42.7 Å². The summed E-state index contributed by atoms with van der Waals surface area (Å²) < 4.78 is 2.08. The van der Waals surface area contributed by atoms with Crippen LogP contribution in [0.2, 0.25) is 0 Å². The summed E-state index contributed by atoms with van der Waals surface area (Å²) >= 11 is 1.68. The first kappa shape index (κ1) is 15.2. The molecule has 0 aliphatic rings. The van der Waals surface area contributed by atoms with Crippen molar-refractivity contribution in [3.8, 4) is 0 Å². The summed E-state index contributed by atoms with van der Waals surface area (Å²) in [6, 6.07) is 0. The van der Waals surface area contributed by atoms with E-state index in [1.54, 1.807) is 11.3 Å². The molecule has 0 saturated heterocycles. The standard InChI is InChI=1S/C15H24N4S/c1-11(2)9-16-6-5-14-12(3)18-19(13(14)4)10-15-17-7-8-20-15/h7-8,11,16H,5-6,9-10H2,1-4H3. The molecule has 2 aromatic heterocycles. The van der Waals surface area contributed by atoms with Gasteiger partial charge in [0.15, 0.2) is 0 Å². The van der Waals surface area contributed by atoms with Crippen molar-refractivity contribution in [1.82, 2.24) is 20.1 Å². The Labute approximate surface area is 125 Å². The molecule has 0 radical (unpaired) electrons. The van der Waals surface area contributed by atoms with Crippen molar-refractivity contribution in [2.24, 2.45) is 5.92 Å². The maximum atomic E-state index is 4.65. The number of thiazole rings is 1. The Kier molecular flexibility index (Phi) is 5.31. The summed E-state index contributed by atoms with van der Waals surface area (Å²) in [6.45, 7) is 11.6. The first-order valence-corrected chi connectivity index (χ1v) is 8.08. The van der Waals surface area contributed by atoms with Crippen LogP contribution in [0.4, 0.5) is 0 Å². The maximum absolute atomic E-state index is 4.65. The van der Waals surface area contributed by atoms with Crippen molar-refractivity contribution in [1.29, 1.82) is 0 Å². The Morgan fingerprint density at radius 2 is 2.15 bits per heavy atom. The van der Waals surface area contributed by atoms with Gasteiger partial charge in [-0.25, -0.2) is 4.98 Å². The lowest BCUT2D eigenvalue weighted by Gasteiger charge is -2.08. The van der Waals surface area contributed by atoms with E-state index in [1.165, 1.54) is 11.3 Å². The SMILES string of the molecule is Cc1nn(Cc2nccs2)c(C)c1CCNCC(C)C. The van der Waals surface area contributed by atoms with E-state index in [2.05, 4.69) is 47.8 Å². The molecule has 110 valence electrons. The fourth-order valence-electron chi connectivity index (χ4n) is 2.31. The largest absolute Gasteiger partial charge is 0.316 e. The molecule has 2 aromatic rings. The number of hydrogen-bond donors (Lipinski definition) is 1. The molecule has 0 bridgehead atoms. The van der Waals surface area contributed by atoms with Gasteiger partial charge in [-0.3, -0.25) is 4.68 Å². The molecule has 0 amide bonds. The third-order valence-corrected chi connectivity index (χ3v) is 4.17. The Bertz CT molecular complexity index is 528. The highest BCUT2D eigenvalue weighted by atomic mass is 32.1. The third-order valence-electron chi connectivity index (χ3n) is 3.40. The number of rotatable bonds is 7. The van der Waals surface area contributed by atoms with E-state index in [-0.39, 0.29) is 0 Å². The molecule has 4 nitrogen and oxygen atoms in total. The monoisotopic (exact) mass is 292 g/mol. The van der Waals surface area contributed by atoms with Crippen LogP contribution in [-0.2, 0) is 13.0 Å². The van der Waals surface area contributed by atoms with Gasteiger partial charge in [0.25, 0.3) is 0 Å². The van der Waals surface area contributed by atoms with E-state index in [0.29, 0.717) is 5.92 Å². The zero-order valence-electron chi connectivity index (χ0n) is 12.8. The van der Waals surface area contributed by atoms with Gasteiger partial charge in [-0.15, -0.1) is 11.3 Å². The molecule has 0 saturated carbocycles. The van der Waals surface area contributed by atoms with Gasteiger partial charge in [0, 0.05) is 17.3 Å². The van der Waals surface area contributed by atoms with E-state index in [0.717, 1.165) is 36.8 Å². The normalized spacial score (nSPS) is 11.4. The molecule has 1 N–H and O–H groups in total. The Balaban J connectivity index is 1.97. The zero-order valence-corrected chi connectivity index (χ0v) is 13.6. The van der Waals surface area contributed by atoms with Gasteiger partial charge in [0.05, 0.1) is 12.2 Å². The van der Waals surface area contributed by atoms with Gasteiger partial charge in [-0.2, -0.15) is 5.10 Å². The van der Waals surface area contributed by atoms with Gasteiger partial charge < -0.3 is 5.32 Å². The van der Waals surface area contributed by atoms with Crippen LogP contribution in [0.25, 0.3) is 0 Å². The van der Waals surface area contributed by atoms with Gasteiger partial charge in [0.1, 0.15) is 5.01 Å². The summed E-state index contributed by atoms with van der Waals surface area (Å²) in [5.74, 6) is 0.699. The predicted molar refractivity (Wildman–Crippen MR) is 84.3 cm³/mol. The first-order chi connectivity index (χ1) is 9.58. The number of hydrogen-bond acceptors (Lipinski definition) is 4. The van der Waals surface area contributed by atoms with Crippen molar-refractivity contribution in [2.75, 3.05) is 13.1 Å². The van der Waals surface area contributed by atoms with E-state index in [1.807, 2.05) is 11.6 Å². The lowest BCUT2D eigenvalue weighted by Crippen LogP contribution is -2.22. The van der Waals surface area contributed by atoms with Crippen LogP contribution in [0.15, 0.2) is 11.6 Å². The van der Waals surface area contributed by atoms with E-state index in [4.69, 9.17) is 0 Å². The fourth-order valence-corrected chi connectivity index (χ4v) is 2.91. The Hall–Kier alpha value is -1.20. The molecular formula is C15H24N4S. The van der Waals surface area contributed by atoms with Gasteiger partial charge in [-0.1, -0.05) is 13.8 Å². The van der Waals surface area contributed by atoms with Crippen molar-refractivity contribution >= 4 is 11.3 Å². The van der Waals surface area contributed by atoms with Crippen molar-refractivity contribution in [2.45, 2.75) is 40.7 Å². The highest BCUT2D eigenvalue weighted by Gasteiger charge is 2.12. The molecule has 0 spiro atoms. The van der Waals surface area contributed by atoms with Gasteiger partial charge in [0.2, 0.25) is 0 Å². The third kappa shape index (κ3) is 3.90. The quantitative estimate of drug-likeness (QED) is 0.798. The maximum Gasteiger partial charge on any atom is 0.114 e. The lowest BCUT2D eigenvalue weighted by molar-refractivity contribution is 0.553. The van der Waals surface area contributed by atoms with E-state index in [9.17, 15) is 0 Å². The lowest BCUT2D eigenvalue weighted by atomic mass is 10.1. The second-order valence-corrected chi connectivity index (χ2v) is 6.56. The number of aromatic nitrogens is 3. The second-order valence-electron chi connectivity index (χ2n) is 5.58. The minimum absolute atomic E-state index is 0.699. The van der Waals surface area contributed by atoms with Crippen LogP contribution in [0.3, 0.4) is 0 Å². The smallest absolute Gasteiger partial charge is 0.114 e. The fraction of sp³-hybridized carbons (Fsp3) is 0.600. The van der Waals surface area contributed by atoms with Gasteiger partial charge >= 0.3 is 0 Å². The highest BCUT2D eigenvalue weighted by molar-refractivity contribution is 7.09. The minimum atomic E-state index is 0.699. The molecular weight excluding hydrogens is 268 g/mol. The molecule has 2 rings (SSSR count). The molecule has 0 unspecified atom stereocenters. The summed E-state index contributed by atoms with van der Waals surface area (Å²) in [4.78, 5) is 4.33. The molecule has 0 fully saturated rings. The predicted octanol–water partition coefficient (Wildman–Crippen LogP) is 2.79. The zero-order chi connectivity index (χ0) is 14.5. The minimum Gasteiger partial charge on any atom is -0.316 e. The average molecular weight is 292 g/mol. The number of nitrogens with one attached hydrogen (secondary N) is 1. The highest BCUT2D eigenvalue weighted by Crippen LogP contribution is 2.16. The van der Waals surface area contributed by atoms with Crippen LogP contribution in [0, 0.1) is 19.8 Å². The number of nitrogens with zero attached hydrogens (tertiary/aromatic N) is 3. The molecule has 2 heterocycles. The van der Waals surface area contributed by atoms with Crippen LogP contribution in [0.1, 0.15) is 35.8 Å². The van der Waals surface area contributed by atoms with Crippen LogP contribution < -0.4 is 5.32 Å². The summed E-state index contributed by atoms with van der Waals surface area (Å²) in [5, 5.41) is 11.3. The molecule has 20 heavy (non-hydrogen) atoms. The van der Waals surface area contributed by atoms with E-state index < -0.39 is 0 Å². The summed E-state index contributed by atoms with van der Waals surface area (Å²) in [6.07, 6.45) is 2.89. The number of aryl methyl sites for hydroxylation is 1. The van der Waals surface area contributed by atoms with Crippen LogP contribution >= 0.6 is 11.3 Å². The van der Waals surface area contributed by atoms with Crippen molar-refractivity contribution < 1.29 is 0 Å². The second kappa shape index (κ2) is 6.99. The van der Waals surface area contributed by atoms with Gasteiger partial charge in [-0.05, 0) is 44.8 Å². The Morgan fingerprint density at radius 1 is 1.35 bits per heavy atom. The van der Waals surface area contributed by atoms with Crippen LogP contribution in [0.5, 0.6) is 0 Å². The van der Waals surface area contributed by atoms with E-state index >= 15 is 0 Å².